The van der Waals surface area contributed by atoms with Crippen LogP contribution in [0.1, 0.15) is 6.42 Å². The average Bonchev–Trinajstić information content (AvgIpc) is 3.20. The monoisotopic (exact) mass is 312 g/mol. The minimum absolute atomic E-state index is 0.129. The van der Waals surface area contributed by atoms with E-state index in [0.717, 1.165) is 0 Å². The minimum atomic E-state index is -0.327. The second-order valence-corrected chi connectivity index (χ2v) is 5.38. The van der Waals surface area contributed by atoms with Crippen molar-refractivity contribution >= 4 is 40.7 Å². The quantitative estimate of drug-likeness (QED) is 0.821. The highest BCUT2D eigenvalue weighted by Crippen LogP contribution is 2.40. The molecule has 0 saturated heterocycles. The topological polar surface area (TPSA) is 58.2 Å². The summed E-state index contributed by atoms with van der Waals surface area (Å²) in [6, 6.07) is 4.98. The Morgan fingerprint density at radius 1 is 1.25 bits per heavy atom. The van der Waals surface area contributed by atoms with Crippen LogP contribution in [-0.4, -0.2) is 18.4 Å². The van der Waals surface area contributed by atoms with Crippen molar-refractivity contribution in [3.63, 3.8) is 0 Å². The van der Waals surface area contributed by atoms with E-state index in [9.17, 15) is 9.59 Å². The van der Waals surface area contributed by atoms with Crippen LogP contribution in [0.3, 0.4) is 0 Å². The Kier molecular flexibility index (Phi) is 4.68. The number of anilines is 1. The Hall–Kier alpha value is -1.52. The van der Waals surface area contributed by atoms with E-state index < -0.39 is 0 Å². The maximum Gasteiger partial charge on any atom is 0.228 e. The van der Waals surface area contributed by atoms with Gasteiger partial charge in [0.05, 0.1) is 27.6 Å². The lowest BCUT2D eigenvalue weighted by Gasteiger charge is -2.08. The predicted octanol–water partition coefficient (Wildman–Crippen LogP) is 2.87. The van der Waals surface area contributed by atoms with Gasteiger partial charge in [0.25, 0.3) is 0 Å². The van der Waals surface area contributed by atoms with Gasteiger partial charge in [0.15, 0.2) is 0 Å². The minimum Gasteiger partial charge on any atom is -0.352 e. The van der Waals surface area contributed by atoms with E-state index in [1.165, 1.54) is 0 Å². The third kappa shape index (κ3) is 3.32. The smallest absolute Gasteiger partial charge is 0.228 e. The fraction of sp³-hybridized carbons (Fsp3) is 0.286. The zero-order valence-electron chi connectivity index (χ0n) is 10.7. The van der Waals surface area contributed by atoms with Crippen LogP contribution >= 0.6 is 23.2 Å². The van der Waals surface area contributed by atoms with E-state index in [2.05, 4.69) is 17.2 Å². The van der Waals surface area contributed by atoms with Gasteiger partial charge in [-0.3, -0.25) is 9.59 Å². The lowest BCUT2D eigenvalue weighted by Crippen LogP contribution is -2.27. The SMILES string of the molecule is C=CCNC(=O)C1CC1C(=O)Nc1c(Cl)cccc1Cl. The molecule has 2 rings (SSSR count). The normalized spacial score (nSPS) is 20.1. The summed E-state index contributed by atoms with van der Waals surface area (Å²) in [6.07, 6.45) is 2.13. The number of hydrogen-bond donors (Lipinski definition) is 2. The molecule has 2 N–H and O–H groups in total. The van der Waals surface area contributed by atoms with Crippen LogP contribution in [0.15, 0.2) is 30.9 Å². The zero-order valence-corrected chi connectivity index (χ0v) is 12.2. The number of para-hydroxylation sites is 1. The number of halogens is 2. The molecule has 106 valence electrons. The molecule has 0 radical (unpaired) electrons. The summed E-state index contributed by atoms with van der Waals surface area (Å²) in [5.74, 6) is -0.975. The molecule has 6 heteroatoms. The highest BCUT2D eigenvalue weighted by molar-refractivity contribution is 6.39. The molecule has 4 nitrogen and oxygen atoms in total. The molecule has 0 bridgehead atoms. The number of hydrogen-bond acceptors (Lipinski definition) is 2. The van der Waals surface area contributed by atoms with Crippen molar-refractivity contribution in [1.82, 2.24) is 5.32 Å². The van der Waals surface area contributed by atoms with Gasteiger partial charge in [-0.1, -0.05) is 35.3 Å². The summed E-state index contributed by atoms with van der Waals surface area (Å²) in [4.78, 5) is 23.7. The van der Waals surface area contributed by atoms with Crippen LogP contribution in [-0.2, 0) is 9.59 Å². The molecule has 2 amide bonds. The van der Waals surface area contributed by atoms with Gasteiger partial charge in [0.2, 0.25) is 11.8 Å². The molecule has 20 heavy (non-hydrogen) atoms. The largest absolute Gasteiger partial charge is 0.352 e. The van der Waals surface area contributed by atoms with Crippen molar-refractivity contribution in [1.29, 1.82) is 0 Å². The molecule has 0 spiro atoms. The summed E-state index contributed by atoms with van der Waals surface area (Å²) < 4.78 is 0. The number of rotatable bonds is 5. The van der Waals surface area contributed by atoms with Gasteiger partial charge >= 0.3 is 0 Å². The summed E-state index contributed by atoms with van der Waals surface area (Å²) >= 11 is 12.0. The van der Waals surface area contributed by atoms with Crippen molar-refractivity contribution in [2.45, 2.75) is 6.42 Å². The van der Waals surface area contributed by atoms with Crippen LogP contribution in [0.5, 0.6) is 0 Å². The second kappa shape index (κ2) is 6.29. The first-order valence-corrected chi connectivity index (χ1v) is 6.93. The summed E-state index contributed by atoms with van der Waals surface area (Å²) in [5, 5.41) is 6.10. The van der Waals surface area contributed by atoms with Gasteiger partial charge in [-0.15, -0.1) is 6.58 Å². The van der Waals surface area contributed by atoms with Crippen molar-refractivity contribution in [3.8, 4) is 0 Å². The third-order valence-corrected chi connectivity index (χ3v) is 3.73. The molecule has 1 fully saturated rings. The fourth-order valence-corrected chi connectivity index (χ4v) is 2.40. The molecule has 2 atom stereocenters. The molecule has 0 aromatic heterocycles. The number of amides is 2. The van der Waals surface area contributed by atoms with Crippen molar-refractivity contribution in [2.24, 2.45) is 11.8 Å². The first kappa shape index (κ1) is 14.9. The van der Waals surface area contributed by atoms with Crippen LogP contribution in [0.2, 0.25) is 10.0 Å². The number of carbonyl (C=O) groups excluding carboxylic acids is 2. The first-order chi connectivity index (χ1) is 9.54. The molecular formula is C14H14Cl2N2O2. The molecule has 1 aromatic carbocycles. The summed E-state index contributed by atoms with van der Waals surface area (Å²) in [7, 11) is 0. The van der Waals surface area contributed by atoms with Gasteiger partial charge < -0.3 is 10.6 Å². The first-order valence-electron chi connectivity index (χ1n) is 6.18. The molecule has 0 heterocycles. The van der Waals surface area contributed by atoms with E-state index in [1.54, 1.807) is 24.3 Å². The number of nitrogens with one attached hydrogen (secondary N) is 2. The summed E-state index contributed by atoms with van der Waals surface area (Å²) in [5.41, 5.74) is 0.387. The van der Waals surface area contributed by atoms with Crippen LogP contribution < -0.4 is 10.6 Å². The van der Waals surface area contributed by atoms with E-state index >= 15 is 0 Å². The Morgan fingerprint density at radius 2 is 1.85 bits per heavy atom. The molecule has 2 unspecified atom stereocenters. The molecule has 1 saturated carbocycles. The average molecular weight is 313 g/mol. The van der Waals surface area contributed by atoms with Gasteiger partial charge in [-0.05, 0) is 18.6 Å². The lowest BCUT2D eigenvalue weighted by molar-refractivity contribution is -0.125. The van der Waals surface area contributed by atoms with Crippen molar-refractivity contribution in [2.75, 3.05) is 11.9 Å². The van der Waals surface area contributed by atoms with Crippen LogP contribution in [0.25, 0.3) is 0 Å². The zero-order chi connectivity index (χ0) is 14.7. The van der Waals surface area contributed by atoms with Gasteiger partial charge in [-0.2, -0.15) is 0 Å². The van der Waals surface area contributed by atoms with Gasteiger partial charge in [0.1, 0.15) is 0 Å². The Morgan fingerprint density at radius 3 is 2.45 bits per heavy atom. The van der Waals surface area contributed by atoms with E-state index in [4.69, 9.17) is 23.2 Å². The maximum absolute atomic E-state index is 12.0. The van der Waals surface area contributed by atoms with E-state index in [1.807, 2.05) is 0 Å². The molecule has 0 aliphatic heterocycles. The van der Waals surface area contributed by atoms with E-state index in [-0.39, 0.29) is 23.7 Å². The molecular weight excluding hydrogens is 299 g/mol. The Balaban J connectivity index is 1.94. The fourth-order valence-electron chi connectivity index (χ4n) is 1.91. The van der Waals surface area contributed by atoms with Crippen LogP contribution in [0, 0.1) is 11.8 Å². The predicted molar refractivity (Wildman–Crippen MR) is 79.9 cm³/mol. The molecule has 1 aliphatic rings. The summed E-state index contributed by atoms with van der Waals surface area (Å²) in [6.45, 7) is 3.92. The third-order valence-electron chi connectivity index (χ3n) is 3.10. The molecule has 1 aliphatic carbocycles. The Bertz CT molecular complexity index is 540. The van der Waals surface area contributed by atoms with Crippen molar-refractivity contribution in [3.05, 3.63) is 40.9 Å². The van der Waals surface area contributed by atoms with Gasteiger partial charge in [-0.25, -0.2) is 0 Å². The maximum atomic E-state index is 12.0. The highest BCUT2D eigenvalue weighted by Gasteiger charge is 2.48. The highest BCUT2D eigenvalue weighted by atomic mass is 35.5. The van der Waals surface area contributed by atoms with E-state index in [0.29, 0.717) is 28.7 Å². The number of benzene rings is 1. The second-order valence-electron chi connectivity index (χ2n) is 4.57. The standard InChI is InChI=1S/C14H14Cl2N2O2/c1-2-6-17-13(19)8-7-9(8)14(20)18-12-10(15)4-3-5-11(12)16/h2-5,8-9H,1,6-7H2,(H,17,19)(H,18,20). The lowest BCUT2D eigenvalue weighted by atomic mass is 10.2. The van der Waals surface area contributed by atoms with Crippen molar-refractivity contribution < 1.29 is 9.59 Å². The number of carbonyl (C=O) groups is 2. The van der Waals surface area contributed by atoms with Gasteiger partial charge in [0, 0.05) is 6.54 Å². The Labute approximate surface area is 127 Å². The van der Waals surface area contributed by atoms with Crippen LogP contribution in [0.4, 0.5) is 5.69 Å². The molecule has 1 aromatic rings.